The Bertz CT molecular complexity index is 346. The molecule has 0 saturated carbocycles. The van der Waals surface area contributed by atoms with E-state index in [2.05, 4.69) is 32.3 Å². The van der Waals surface area contributed by atoms with Gasteiger partial charge in [-0.15, -0.1) is 12.6 Å². The highest BCUT2D eigenvalue weighted by atomic mass is 32.1. The molecule has 0 bridgehead atoms. The minimum Gasteiger partial charge on any atom is -0.410 e. The molecule has 0 amide bonds. The third kappa shape index (κ3) is 4.96. The Morgan fingerprint density at radius 3 is 2.31 bits per heavy atom. The van der Waals surface area contributed by atoms with Crippen molar-refractivity contribution in [1.82, 2.24) is 0 Å². The van der Waals surface area contributed by atoms with Gasteiger partial charge in [0.1, 0.15) is 0 Å². The summed E-state index contributed by atoms with van der Waals surface area (Å²) in [6.07, 6.45) is 0.176. The van der Waals surface area contributed by atoms with Crippen LogP contribution < -0.4 is 0 Å². The summed E-state index contributed by atoms with van der Waals surface area (Å²) in [5.41, 5.74) is 1.05. The van der Waals surface area contributed by atoms with Crippen molar-refractivity contribution in [2.45, 2.75) is 32.2 Å². The summed E-state index contributed by atoms with van der Waals surface area (Å²) in [5, 5.41) is -0.132. The second-order valence-electron chi connectivity index (χ2n) is 4.73. The molecule has 1 aromatic rings. The van der Waals surface area contributed by atoms with Crippen molar-refractivity contribution in [2.24, 2.45) is 0 Å². The smallest absolute Gasteiger partial charge is 0.188 e. The number of benzene rings is 1. The maximum Gasteiger partial charge on any atom is 0.188 e. The zero-order valence-electron chi connectivity index (χ0n) is 9.93. The standard InChI is InChI=1S/C12H18O2SSi/c1-16(2,3)14-11(9-12(13)15)10-7-5-4-6-8-10/h4-8,11H,9H2,1-3H3,(H,13,15). The summed E-state index contributed by atoms with van der Waals surface area (Å²) in [7, 11) is -1.66. The van der Waals surface area contributed by atoms with Gasteiger partial charge in [0.25, 0.3) is 0 Å². The molecule has 1 aromatic carbocycles. The van der Waals surface area contributed by atoms with Gasteiger partial charge in [-0.3, -0.25) is 4.79 Å². The fourth-order valence-electron chi connectivity index (χ4n) is 1.48. The quantitative estimate of drug-likeness (QED) is 0.643. The van der Waals surface area contributed by atoms with Gasteiger partial charge >= 0.3 is 0 Å². The lowest BCUT2D eigenvalue weighted by molar-refractivity contribution is -0.112. The first-order chi connectivity index (χ1) is 7.38. The molecular formula is C12H18O2SSi. The van der Waals surface area contributed by atoms with Gasteiger partial charge in [0.2, 0.25) is 0 Å². The van der Waals surface area contributed by atoms with Gasteiger partial charge < -0.3 is 4.43 Å². The van der Waals surface area contributed by atoms with Crippen LogP contribution in [0.2, 0.25) is 19.6 Å². The fourth-order valence-corrected chi connectivity index (χ4v) is 2.72. The Morgan fingerprint density at radius 1 is 1.31 bits per heavy atom. The third-order valence-corrected chi connectivity index (χ3v) is 3.20. The van der Waals surface area contributed by atoms with E-state index in [9.17, 15) is 4.79 Å². The average molecular weight is 254 g/mol. The van der Waals surface area contributed by atoms with Crippen molar-refractivity contribution in [3.63, 3.8) is 0 Å². The first-order valence-corrected chi connectivity index (χ1v) is 9.18. The van der Waals surface area contributed by atoms with E-state index in [-0.39, 0.29) is 11.2 Å². The highest BCUT2D eigenvalue weighted by Crippen LogP contribution is 2.26. The Balaban J connectivity index is 2.84. The van der Waals surface area contributed by atoms with Crippen LogP contribution in [0.5, 0.6) is 0 Å². The Hall–Kier alpha value is -0.583. The number of hydrogen-bond acceptors (Lipinski definition) is 2. The predicted molar refractivity (Wildman–Crippen MR) is 72.2 cm³/mol. The number of rotatable bonds is 5. The molecule has 1 rings (SSSR count). The summed E-state index contributed by atoms with van der Waals surface area (Å²) in [6, 6.07) is 9.85. The molecule has 0 N–H and O–H groups in total. The van der Waals surface area contributed by atoms with E-state index < -0.39 is 8.32 Å². The van der Waals surface area contributed by atoms with Crippen LogP contribution in [-0.2, 0) is 9.22 Å². The topological polar surface area (TPSA) is 26.3 Å². The van der Waals surface area contributed by atoms with Gasteiger partial charge in [-0.2, -0.15) is 0 Å². The SMILES string of the molecule is C[Si](C)(C)OC(CC(=O)S)c1ccccc1. The summed E-state index contributed by atoms with van der Waals surface area (Å²) in [5.74, 6) is 0. The lowest BCUT2D eigenvalue weighted by atomic mass is 10.1. The van der Waals surface area contributed by atoms with Crippen LogP contribution in [-0.4, -0.2) is 13.4 Å². The zero-order valence-corrected chi connectivity index (χ0v) is 11.8. The van der Waals surface area contributed by atoms with Crippen LogP contribution in [0.25, 0.3) is 0 Å². The van der Waals surface area contributed by atoms with Crippen molar-refractivity contribution in [3.8, 4) is 0 Å². The van der Waals surface area contributed by atoms with Gasteiger partial charge in [0.15, 0.2) is 13.4 Å². The van der Waals surface area contributed by atoms with Gasteiger partial charge in [-0.1, -0.05) is 30.3 Å². The van der Waals surface area contributed by atoms with Gasteiger partial charge in [-0.05, 0) is 25.2 Å². The summed E-state index contributed by atoms with van der Waals surface area (Å²) < 4.78 is 6.00. The van der Waals surface area contributed by atoms with Crippen molar-refractivity contribution < 1.29 is 9.22 Å². The molecular weight excluding hydrogens is 236 g/mol. The van der Waals surface area contributed by atoms with Crippen LogP contribution in [0.1, 0.15) is 18.1 Å². The maximum atomic E-state index is 11.1. The molecule has 2 nitrogen and oxygen atoms in total. The van der Waals surface area contributed by atoms with Crippen LogP contribution in [0.15, 0.2) is 30.3 Å². The summed E-state index contributed by atoms with van der Waals surface area (Å²) in [4.78, 5) is 11.1. The van der Waals surface area contributed by atoms with Crippen molar-refractivity contribution in [3.05, 3.63) is 35.9 Å². The molecule has 16 heavy (non-hydrogen) atoms. The van der Waals surface area contributed by atoms with E-state index in [1.54, 1.807) is 0 Å². The molecule has 0 aromatic heterocycles. The van der Waals surface area contributed by atoms with Crippen LogP contribution in [0.3, 0.4) is 0 Å². The molecule has 0 fully saturated rings. The van der Waals surface area contributed by atoms with Crippen molar-refractivity contribution in [1.29, 1.82) is 0 Å². The largest absolute Gasteiger partial charge is 0.410 e. The van der Waals surface area contributed by atoms with Crippen LogP contribution in [0.4, 0.5) is 0 Å². The van der Waals surface area contributed by atoms with E-state index >= 15 is 0 Å². The Labute approximate surface area is 104 Å². The van der Waals surface area contributed by atoms with Crippen LogP contribution >= 0.6 is 12.6 Å². The molecule has 0 aliphatic carbocycles. The van der Waals surface area contributed by atoms with E-state index in [0.717, 1.165) is 5.56 Å². The first kappa shape index (κ1) is 13.5. The maximum absolute atomic E-state index is 11.1. The molecule has 1 unspecified atom stereocenters. The minimum atomic E-state index is -1.66. The van der Waals surface area contributed by atoms with Gasteiger partial charge in [0.05, 0.1) is 6.10 Å². The molecule has 88 valence electrons. The van der Waals surface area contributed by atoms with E-state index in [1.165, 1.54) is 0 Å². The monoisotopic (exact) mass is 254 g/mol. The van der Waals surface area contributed by atoms with Gasteiger partial charge in [-0.25, -0.2) is 0 Å². The summed E-state index contributed by atoms with van der Waals surface area (Å²) >= 11 is 3.83. The molecule has 0 aliphatic rings. The molecule has 4 heteroatoms. The van der Waals surface area contributed by atoms with Gasteiger partial charge in [0, 0.05) is 6.42 Å². The Morgan fingerprint density at radius 2 is 1.88 bits per heavy atom. The minimum absolute atomic E-state index is 0.132. The van der Waals surface area contributed by atoms with E-state index in [4.69, 9.17) is 4.43 Å². The summed E-state index contributed by atoms with van der Waals surface area (Å²) in [6.45, 7) is 6.35. The second kappa shape index (κ2) is 5.66. The lowest BCUT2D eigenvalue weighted by Crippen LogP contribution is -2.28. The van der Waals surface area contributed by atoms with E-state index in [0.29, 0.717) is 6.42 Å². The molecule has 1 atom stereocenters. The highest BCUT2D eigenvalue weighted by Gasteiger charge is 2.23. The third-order valence-electron chi connectivity index (χ3n) is 2.03. The average Bonchev–Trinajstić information content (AvgIpc) is 2.15. The second-order valence-corrected chi connectivity index (χ2v) is 9.69. The van der Waals surface area contributed by atoms with Crippen molar-refractivity contribution in [2.75, 3.05) is 0 Å². The van der Waals surface area contributed by atoms with Crippen molar-refractivity contribution >= 4 is 26.1 Å². The van der Waals surface area contributed by atoms with E-state index in [1.807, 2.05) is 30.3 Å². The van der Waals surface area contributed by atoms with Crippen LogP contribution in [0, 0.1) is 0 Å². The number of carbonyl (C=O) groups excluding carboxylic acids is 1. The number of carbonyl (C=O) groups is 1. The molecule has 0 aliphatic heterocycles. The predicted octanol–water partition coefficient (Wildman–Crippen LogP) is 3.43. The first-order valence-electron chi connectivity index (χ1n) is 5.33. The highest BCUT2D eigenvalue weighted by molar-refractivity contribution is 7.96. The zero-order chi connectivity index (χ0) is 12.2. The number of hydrogen-bond donors (Lipinski definition) is 1. The molecule has 0 spiro atoms. The molecule has 0 heterocycles. The fraction of sp³-hybridized carbons (Fsp3) is 0.417. The number of thiol groups is 1. The Kier molecular flexibility index (Phi) is 4.77. The normalized spacial score (nSPS) is 13.5. The lowest BCUT2D eigenvalue weighted by Gasteiger charge is -2.26. The molecule has 0 saturated heterocycles. The molecule has 0 radical (unpaired) electrons.